The molecule has 0 bridgehead atoms. The van der Waals surface area contributed by atoms with Gasteiger partial charge in [-0.25, -0.2) is 9.18 Å². The Bertz CT molecular complexity index is 500. The SMILES string of the molecule is CCN(C(=O)NCC(C)(C)CC(C)O)C(C)c1ccc(F)cc1. The Hall–Kier alpha value is -1.62. The summed E-state index contributed by atoms with van der Waals surface area (Å²) in [6.07, 6.45) is 0.217. The summed E-state index contributed by atoms with van der Waals surface area (Å²) in [5, 5.41) is 12.5. The predicted octanol–water partition coefficient (Wildman–Crippen LogP) is 3.72. The van der Waals surface area contributed by atoms with Gasteiger partial charge in [-0.2, -0.15) is 0 Å². The lowest BCUT2D eigenvalue weighted by Gasteiger charge is -2.32. The molecule has 0 fully saturated rings. The first-order valence-corrected chi connectivity index (χ1v) is 8.14. The number of benzene rings is 1. The number of amides is 2. The Morgan fingerprint density at radius 2 is 1.87 bits per heavy atom. The van der Waals surface area contributed by atoms with Gasteiger partial charge in [0.15, 0.2) is 0 Å². The molecule has 0 radical (unpaired) electrons. The van der Waals surface area contributed by atoms with Gasteiger partial charge >= 0.3 is 6.03 Å². The van der Waals surface area contributed by atoms with Crippen molar-refractivity contribution in [3.05, 3.63) is 35.6 Å². The van der Waals surface area contributed by atoms with Crippen molar-refractivity contribution in [2.45, 2.75) is 53.2 Å². The molecular formula is C18H29FN2O2. The number of aliphatic hydroxyl groups is 1. The summed E-state index contributed by atoms with van der Waals surface area (Å²) < 4.78 is 13.0. The first-order valence-electron chi connectivity index (χ1n) is 8.14. The molecule has 130 valence electrons. The average Bonchev–Trinajstić information content (AvgIpc) is 2.45. The first-order chi connectivity index (χ1) is 10.7. The van der Waals surface area contributed by atoms with Crippen LogP contribution in [0.3, 0.4) is 0 Å². The number of halogens is 1. The van der Waals surface area contributed by atoms with E-state index in [-0.39, 0.29) is 23.3 Å². The van der Waals surface area contributed by atoms with Crippen LogP contribution in [0.5, 0.6) is 0 Å². The van der Waals surface area contributed by atoms with Gasteiger partial charge in [-0.3, -0.25) is 0 Å². The number of aliphatic hydroxyl groups excluding tert-OH is 1. The minimum atomic E-state index is -0.401. The summed E-state index contributed by atoms with van der Waals surface area (Å²) in [7, 11) is 0. The van der Waals surface area contributed by atoms with Crippen LogP contribution in [0.2, 0.25) is 0 Å². The zero-order valence-corrected chi connectivity index (χ0v) is 14.8. The molecule has 0 aromatic heterocycles. The van der Waals surface area contributed by atoms with Gasteiger partial charge in [-0.05, 0) is 50.3 Å². The Morgan fingerprint density at radius 3 is 2.35 bits per heavy atom. The van der Waals surface area contributed by atoms with Gasteiger partial charge in [0.1, 0.15) is 5.82 Å². The van der Waals surface area contributed by atoms with Crippen LogP contribution in [0, 0.1) is 11.2 Å². The molecule has 2 atom stereocenters. The summed E-state index contributed by atoms with van der Waals surface area (Å²) in [6, 6.07) is 5.93. The van der Waals surface area contributed by atoms with E-state index < -0.39 is 6.10 Å². The molecule has 2 N–H and O–H groups in total. The van der Waals surface area contributed by atoms with Crippen molar-refractivity contribution >= 4 is 6.03 Å². The Labute approximate surface area is 138 Å². The molecule has 1 aromatic rings. The Morgan fingerprint density at radius 1 is 1.30 bits per heavy atom. The molecule has 23 heavy (non-hydrogen) atoms. The lowest BCUT2D eigenvalue weighted by molar-refractivity contribution is 0.125. The highest BCUT2D eigenvalue weighted by molar-refractivity contribution is 5.74. The lowest BCUT2D eigenvalue weighted by atomic mass is 9.87. The van der Waals surface area contributed by atoms with Crippen molar-refractivity contribution in [1.82, 2.24) is 10.2 Å². The number of rotatable bonds is 7. The number of hydrogen-bond donors (Lipinski definition) is 2. The zero-order chi connectivity index (χ0) is 17.6. The quantitative estimate of drug-likeness (QED) is 0.803. The van der Waals surface area contributed by atoms with E-state index in [2.05, 4.69) is 5.32 Å². The molecule has 2 unspecified atom stereocenters. The monoisotopic (exact) mass is 324 g/mol. The zero-order valence-electron chi connectivity index (χ0n) is 14.8. The topological polar surface area (TPSA) is 52.6 Å². The molecule has 0 aliphatic carbocycles. The number of nitrogens with one attached hydrogen (secondary N) is 1. The molecule has 0 saturated heterocycles. The standard InChI is InChI=1S/C18H29FN2O2/c1-6-21(14(3)15-7-9-16(19)10-8-15)17(23)20-12-18(4,5)11-13(2)22/h7-10,13-14,22H,6,11-12H2,1-5H3,(H,20,23). The molecule has 0 aliphatic rings. The largest absolute Gasteiger partial charge is 0.393 e. The van der Waals surface area contributed by atoms with E-state index >= 15 is 0 Å². The summed E-state index contributed by atoms with van der Waals surface area (Å²) in [5.41, 5.74) is 0.717. The van der Waals surface area contributed by atoms with E-state index in [1.165, 1.54) is 12.1 Å². The van der Waals surface area contributed by atoms with Gasteiger partial charge in [0.2, 0.25) is 0 Å². The fraction of sp³-hybridized carbons (Fsp3) is 0.611. The van der Waals surface area contributed by atoms with Crippen molar-refractivity contribution in [3.63, 3.8) is 0 Å². The van der Waals surface area contributed by atoms with Gasteiger partial charge in [-0.15, -0.1) is 0 Å². The molecule has 0 spiro atoms. The molecule has 0 saturated carbocycles. The van der Waals surface area contributed by atoms with E-state index in [1.807, 2.05) is 27.7 Å². The lowest BCUT2D eigenvalue weighted by Crippen LogP contribution is -2.45. The molecule has 0 aliphatic heterocycles. The van der Waals surface area contributed by atoms with E-state index in [4.69, 9.17) is 0 Å². The van der Waals surface area contributed by atoms with Crippen molar-refractivity contribution in [2.75, 3.05) is 13.1 Å². The Balaban J connectivity index is 2.69. The van der Waals surface area contributed by atoms with Crippen LogP contribution in [0.4, 0.5) is 9.18 Å². The molecule has 1 aromatic carbocycles. The van der Waals surface area contributed by atoms with Crippen LogP contribution in [0.15, 0.2) is 24.3 Å². The van der Waals surface area contributed by atoms with E-state index in [1.54, 1.807) is 24.0 Å². The van der Waals surface area contributed by atoms with Crippen LogP contribution >= 0.6 is 0 Å². The third-order valence-electron chi connectivity index (χ3n) is 3.99. The minimum absolute atomic E-state index is 0.138. The second-order valence-electron chi connectivity index (χ2n) is 6.89. The highest BCUT2D eigenvalue weighted by Crippen LogP contribution is 2.23. The van der Waals surface area contributed by atoms with Crippen molar-refractivity contribution in [3.8, 4) is 0 Å². The van der Waals surface area contributed by atoms with Crippen LogP contribution in [0.25, 0.3) is 0 Å². The molecular weight excluding hydrogens is 295 g/mol. The smallest absolute Gasteiger partial charge is 0.317 e. The molecule has 4 nitrogen and oxygen atoms in total. The van der Waals surface area contributed by atoms with Gasteiger partial charge in [-0.1, -0.05) is 26.0 Å². The normalized spacial score (nSPS) is 14.2. The number of carbonyl (C=O) groups excluding carboxylic acids is 1. The van der Waals surface area contributed by atoms with Crippen molar-refractivity contribution in [2.24, 2.45) is 5.41 Å². The highest BCUT2D eigenvalue weighted by Gasteiger charge is 2.24. The second kappa shape index (κ2) is 8.29. The van der Waals surface area contributed by atoms with Crippen LogP contribution < -0.4 is 5.32 Å². The van der Waals surface area contributed by atoms with Gasteiger partial charge in [0, 0.05) is 13.1 Å². The maximum absolute atomic E-state index is 13.0. The molecule has 5 heteroatoms. The maximum Gasteiger partial charge on any atom is 0.317 e. The number of urea groups is 1. The summed E-state index contributed by atoms with van der Waals surface area (Å²) >= 11 is 0. The van der Waals surface area contributed by atoms with Gasteiger partial charge < -0.3 is 15.3 Å². The van der Waals surface area contributed by atoms with Gasteiger partial charge in [0.25, 0.3) is 0 Å². The van der Waals surface area contributed by atoms with Gasteiger partial charge in [0.05, 0.1) is 12.1 Å². The fourth-order valence-electron chi connectivity index (χ4n) is 2.80. The summed E-state index contributed by atoms with van der Waals surface area (Å²) in [4.78, 5) is 14.2. The number of carbonyl (C=O) groups is 1. The third-order valence-corrected chi connectivity index (χ3v) is 3.99. The average molecular weight is 324 g/mol. The minimum Gasteiger partial charge on any atom is -0.393 e. The van der Waals surface area contributed by atoms with Crippen LogP contribution in [-0.4, -0.2) is 35.2 Å². The van der Waals surface area contributed by atoms with E-state index in [9.17, 15) is 14.3 Å². The third kappa shape index (κ3) is 6.18. The fourth-order valence-corrected chi connectivity index (χ4v) is 2.80. The summed E-state index contributed by atoms with van der Waals surface area (Å²) in [5.74, 6) is -0.284. The van der Waals surface area contributed by atoms with Crippen LogP contribution in [-0.2, 0) is 0 Å². The van der Waals surface area contributed by atoms with Crippen molar-refractivity contribution in [1.29, 1.82) is 0 Å². The first kappa shape index (κ1) is 19.4. The second-order valence-corrected chi connectivity index (χ2v) is 6.89. The molecule has 2 amide bonds. The highest BCUT2D eigenvalue weighted by atomic mass is 19.1. The van der Waals surface area contributed by atoms with Crippen LogP contribution in [0.1, 0.15) is 52.6 Å². The van der Waals surface area contributed by atoms with E-state index in [0.717, 1.165) is 5.56 Å². The number of nitrogens with zero attached hydrogens (tertiary/aromatic N) is 1. The predicted molar refractivity (Wildman–Crippen MR) is 90.7 cm³/mol. The maximum atomic E-state index is 13.0. The Kier molecular flexibility index (Phi) is 7.01. The summed E-state index contributed by atoms with van der Waals surface area (Å²) in [6.45, 7) is 10.7. The van der Waals surface area contributed by atoms with Crippen molar-refractivity contribution < 1.29 is 14.3 Å². The van der Waals surface area contributed by atoms with E-state index in [0.29, 0.717) is 19.5 Å². The molecule has 0 heterocycles. The number of hydrogen-bond acceptors (Lipinski definition) is 2. The molecule has 1 rings (SSSR count).